The molecule has 0 heterocycles. The van der Waals surface area contributed by atoms with Gasteiger partial charge < -0.3 is 5.32 Å². The van der Waals surface area contributed by atoms with Crippen LogP contribution in [0.25, 0.3) is 0 Å². The summed E-state index contributed by atoms with van der Waals surface area (Å²) in [5.74, 6) is -2.22. The Morgan fingerprint density at radius 1 is 1.26 bits per heavy atom. The highest BCUT2D eigenvalue weighted by molar-refractivity contribution is 5.98. The summed E-state index contributed by atoms with van der Waals surface area (Å²) < 4.78 is 26.4. The molecule has 0 unspecified atom stereocenters. The predicted octanol–water partition coefficient (Wildman–Crippen LogP) is 1.22. The number of carbonyl (C=O) groups is 2. The minimum absolute atomic E-state index is 0.0374. The number of nitrogens with one attached hydrogen (secondary N) is 1. The molecule has 1 amide bonds. The molecule has 0 saturated heterocycles. The number of likely N-dealkylation sites (N-methyl/N-ethyl adjacent to an activating group) is 2. The van der Waals surface area contributed by atoms with Gasteiger partial charge in [0.05, 0.1) is 18.7 Å². The second kappa shape index (κ2) is 6.94. The molecule has 4 nitrogen and oxygen atoms in total. The molecule has 0 radical (unpaired) electrons. The number of amides is 1. The van der Waals surface area contributed by atoms with E-state index in [4.69, 9.17) is 0 Å². The van der Waals surface area contributed by atoms with Crippen molar-refractivity contribution in [3.63, 3.8) is 0 Å². The van der Waals surface area contributed by atoms with E-state index in [1.54, 1.807) is 11.8 Å². The first kappa shape index (κ1) is 15.2. The Morgan fingerprint density at radius 3 is 2.53 bits per heavy atom. The van der Waals surface area contributed by atoms with Crippen LogP contribution in [0.1, 0.15) is 17.3 Å². The van der Waals surface area contributed by atoms with Crippen molar-refractivity contribution in [2.24, 2.45) is 0 Å². The minimum atomic E-state index is -0.762. The normalized spacial score (nSPS) is 10.6. The average molecular weight is 270 g/mol. The molecule has 0 atom stereocenters. The van der Waals surface area contributed by atoms with Gasteiger partial charge in [0.2, 0.25) is 5.91 Å². The molecule has 1 aromatic rings. The number of hydrogen-bond acceptors (Lipinski definition) is 3. The number of benzene rings is 1. The Morgan fingerprint density at radius 2 is 1.95 bits per heavy atom. The van der Waals surface area contributed by atoms with Gasteiger partial charge in [-0.15, -0.1) is 0 Å². The van der Waals surface area contributed by atoms with Crippen molar-refractivity contribution >= 4 is 11.7 Å². The van der Waals surface area contributed by atoms with Crippen molar-refractivity contribution in [2.75, 3.05) is 26.7 Å². The van der Waals surface area contributed by atoms with Crippen LogP contribution < -0.4 is 5.32 Å². The van der Waals surface area contributed by atoms with E-state index in [1.807, 2.05) is 0 Å². The van der Waals surface area contributed by atoms with Gasteiger partial charge in [-0.25, -0.2) is 8.78 Å². The molecule has 0 saturated carbocycles. The van der Waals surface area contributed by atoms with Gasteiger partial charge >= 0.3 is 0 Å². The molecule has 1 aromatic carbocycles. The lowest BCUT2D eigenvalue weighted by Crippen LogP contribution is -2.38. The maximum absolute atomic E-state index is 13.4. The minimum Gasteiger partial charge on any atom is -0.358 e. The van der Waals surface area contributed by atoms with Gasteiger partial charge in [-0.2, -0.15) is 0 Å². The molecule has 1 rings (SSSR count). The van der Waals surface area contributed by atoms with Crippen LogP contribution in [0, 0.1) is 11.6 Å². The Bertz CT molecular complexity index is 478. The van der Waals surface area contributed by atoms with Crippen molar-refractivity contribution in [3.8, 4) is 0 Å². The fourth-order valence-corrected chi connectivity index (χ4v) is 1.56. The maximum atomic E-state index is 13.4. The molecule has 1 N–H and O–H groups in total. The highest BCUT2D eigenvalue weighted by atomic mass is 19.1. The average Bonchev–Trinajstić information content (AvgIpc) is 2.40. The number of hydrogen-bond donors (Lipinski definition) is 1. The quantitative estimate of drug-likeness (QED) is 0.791. The van der Waals surface area contributed by atoms with Gasteiger partial charge in [-0.05, 0) is 24.7 Å². The Labute approximate surface area is 110 Å². The fraction of sp³-hybridized carbons (Fsp3) is 0.385. The molecule has 6 heteroatoms. The zero-order chi connectivity index (χ0) is 14.4. The second-order valence-electron chi connectivity index (χ2n) is 4.02. The van der Waals surface area contributed by atoms with E-state index >= 15 is 0 Å². The van der Waals surface area contributed by atoms with E-state index in [-0.39, 0.29) is 24.6 Å². The monoisotopic (exact) mass is 270 g/mol. The van der Waals surface area contributed by atoms with Crippen molar-refractivity contribution < 1.29 is 18.4 Å². The molecule has 0 aliphatic carbocycles. The SMILES string of the molecule is CCN(CC(=O)NC)CC(=O)c1cc(F)ccc1F. The number of halogens is 2. The lowest BCUT2D eigenvalue weighted by molar-refractivity contribution is -0.121. The number of ketones is 1. The number of nitrogens with zero attached hydrogens (tertiary/aromatic N) is 1. The van der Waals surface area contributed by atoms with E-state index in [9.17, 15) is 18.4 Å². The van der Waals surface area contributed by atoms with E-state index < -0.39 is 17.4 Å². The summed E-state index contributed by atoms with van der Waals surface area (Å²) in [7, 11) is 1.49. The summed E-state index contributed by atoms with van der Waals surface area (Å²) in [5.41, 5.74) is -0.296. The molecule has 0 bridgehead atoms. The van der Waals surface area contributed by atoms with Crippen LogP contribution in [0.3, 0.4) is 0 Å². The summed E-state index contributed by atoms with van der Waals surface area (Å²) in [4.78, 5) is 24.6. The largest absolute Gasteiger partial charge is 0.358 e. The fourth-order valence-electron chi connectivity index (χ4n) is 1.56. The Kier molecular flexibility index (Phi) is 5.57. The lowest BCUT2D eigenvalue weighted by Gasteiger charge is -2.18. The molecule has 104 valence electrons. The van der Waals surface area contributed by atoms with Crippen LogP contribution >= 0.6 is 0 Å². The number of rotatable bonds is 6. The second-order valence-corrected chi connectivity index (χ2v) is 4.02. The number of Topliss-reactive ketones (excluding diaryl/α,β-unsaturated/α-hetero) is 1. The molecular weight excluding hydrogens is 254 g/mol. The van der Waals surface area contributed by atoms with Crippen LogP contribution in [0.4, 0.5) is 8.78 Å². The molecule has 0 fully saturated rings. The third kappa shape index (κ3) is 4.40. The van der Waals surface area contributed by atoms with E-state index in [1.165, 1.54) is 7.05 Å². The highest BCUT2D eigenvalue weighted by Crippen LogP contribution is 2.11. The summed E-state index contributed by atoms with van der Waals surface area (Å²) in [6.07, 6.45) is 0. The van der Waals surface area contributed by atoms with Gasteiger partial charge in [0.15, 0.2) is 5.78 Å². The van der Waals surface area contributed by atoms with Crippen LogP contribution in [0.2, 0.25) is 0 Å². The number of carbonyl (C=O) groups excluding carboxylic acids is 2. The molecule has 0 aliphatic heterocycles. The van der Waals surface area contributed by atoms with Crippen LogP contribution in [0.15, 0.2) is 18.2 Å². The van der Waals surface area contributed by atoms with E-state index in [0.29, 0.717) is 6.54 Å². The van der Waals surface area contributed by atoms with Gasteiger partial charge in [0.25, 0.3) is 0 Å². The van der Waals surface area contributed by atoms with Gasteiger partial charge in [-0.3, -0.25) is 14.5 Å². The van der Waals surface area contributed by atoms with Gasteiger partial charge in [-0.1, -0.05) is 6.92 Å². The summed E-state index contributed by atoms with van der Waals surface area (Å²) in [6, 6.07) is 2.73. The van der Waals surface area contributed by atoms with Crippen molar-refractivity contribution in [1.82, 2.24) is 10.2 Å². The molecule has 0 aliphatic rings. The third-order valence-electron chi connectivity index (χ3n) is 2.69. The van der Waals surface area contributed by atoms with Crippen molar-refractivity contribution in [1.29, 1.82) is 0 Å². The first-order valence-electron chi connectivity index (χ1n) is 5.89. The molecule has 0 aromatic heterocycles. The predicted molar refractivity (Wildman–Crippen MR) is 66.9 cm³/mol. The Hall–Kier alpha value is -1.82. The lowest BCUT2D eigenvalue weighted by atomic mass is 10.1. The smallest absolute Gasteiger partial charge is 0.233 e. The van der Waals surface area contributed by atoms with Gasteiger partial charge in [0, 0.05) is 7.05 Å². The van der Waals surface area contributed by atoms with Gasteiger partial charge in [0.1, 0.15) is 11.6 Å². The van der Waals surface area contributed by atoms with Crippen LogP contribution in [-0.4, -0.2) is 43.3 Å². The maximum Gasteiger partial charge on any atom is 0.233 e. The van der Waals surface area contributed by atoms with Crippen LogP contribution in [0.5, 0.6) is 0 Å². The van der Waals surface area contributed by atoms with Crippen LogP contribution in [-0.2, 0) is 4.79 Å². The zero-order valence-corrected chi connectivity index (χ0v) is 10.9. The highest BCUT2D eigenvalue weighted by Gasteiger charge is 2.17. The zero-order valence-electron chi connectivity index (χ0n) is 10.9. The first-order chi connectivity index (χ1) is 8.97. The first-order valence-corrected chi connectivity index (χ1v) is 5.89. The molecular formula is C13H16F2N2O2. The van der Waals surface area contributed by atoms with Crippen molar-refractivity contribution in [2.45, 2.75) is 6.92 Å². The third-order valence-corrected chi connectivity index (χ3v) is 2.69. The van der Waals surface area contributed by atoms with E-state index in [0.717, 1.165) is 18.2 Å². The molecule has 19 heavy (non-hydrogen) atoms. The molecule has 0 spiro atoms. The summed E-state index contributed by atoms with van der Waals surface area (Å²) >= 11 is 0. The topological polar surface area (TPSA) is 49.4 Å². The summed E-state index contributed by atoms with van der Waals surface area (Å²) in [6.45, 7) is 2.13. The Balaban J connectivity index is 2.77. The van der Waals surface area contributed by atoms with E-state index in [2.05, 4.69) is 5.32 Å². The van der Waals surface area contributed by atoms with Crippen molar-refractivity contribution in [3.05, 3.63) is 35.4 Å². The summed E-state index contributed by atoms with van der Waals surface area (Å²) in [5, 5.41) is 2.44. The standard InChI is InChI=1S/C13H16F2N2O2/c1-3-17(8-13(19)16-2)7-12(18)10-6-9(14)4-5-11(10)15/h4-6H,3,7-8H2,1-2H3,(H,16,19).